The van der Waals surface area contributed by atoms with Gasteiger partial charge in [-0.2, -0.15) is 17.0 Å². The first kappa shape index (κ1) is 15.4. The maximum absolute atomic E-state index is 12.3. The van der Waals surface area contributed by atoms with E-state index in [-0.39, 0.29) is 12.6 Å². The predicted molar refractivity (Wildman–Crippen MR) is 68.2 cm³/mol. The molecule has 0 amide bonds. The van der Waals surface area contributed by atoms with Crippen molar-refractivity contribution in [3.05, 3.63) is 0 Å². The highest BCUT2D eigenvalue weighted by Crippen LogP contribution is 2.24. The first-order valence-electron chi connectivity index (χ1n) is 6.23. The molecule has 1 unspecified atom stereocenters. The fourth-order valence-corrected chi connectivity index (χ4v) is 3.66. The quantitative estimate of drug-likeness (QED) is 0.691. The second-order valence-corrected chi connectivity index (χ2v) is 6.58. The Morgan fingerprint density at radius 1 is 1.50 bits per heavy atom. The van der Waals surface area contributed by atoms with Crippen LogP contribution in [0.4, 0.5) is 0 Å². The number of carbonyl (C=O) groups excluding carboxylic acids is 1. The van der Waals surface area contributed by atoms with Gasteiger partial charge < -0.3 is 4.74 Å². The second kappa shape index (κ2) is 5.99. The number of hydrogen-bond acceptors (Lipinski definition) is 4. The Bertz CT molecular complexity index is 394. The molecule has 18 heavy (non-hydrogen) atoms. The monoisotopic (exact) mass is 278 g/mol. The van der Waals surface area contributed by atoms with Gasteiger partial charge in [0, 0.05) is 19.6 Å². The minimum absolute atomic E-state index is 0.140. The van der Waals surface area contributed by atoms with Gasteiger partial charge in [-0.1, -0.05) is 0 Å². The molecule has 0 aliphatic carbocycles. The Morgan fingerprint density at radius 3 is 2.61 bits per heavy atom. The van der Waals surface area contributed by atoms with Gasteiger partial charge in [0.15, 0.2) is 0 Å². The second-order valence-electron chi connectivity index (χ2n) is 4.64. The summed E-state index contributed by atoms with van der Waals surface area (Å²) in [5.41, 5.74) is 0. The van der Waals surface area contributed by atoms with Crippen molar-refractivity contribution in [2.24, 2.45) is 0 Å². The molecule has 1 rings (SSSR count). The molecule has 1 aliphatic heterocycles. The van der Waals surface area contributed by atoms with Gasteiger partial charge in [-0.05, 0) is 33.6 Å². The third kappa shape index (κ3) is 3.02. The third-order valence-electron chi connectivity index (χ3n) is 3.15. The van der Waals surface area contributed by atoms with Crippen LogP contribution in [-0.4, -0.2) is 55.3 Å². The van der Waals surface area contributed by atoms with Crippen LogP contribution in [0.2, 0.25) is 0 Å². The molecular weight excluding hydrogens is 256 g/mol. The van der Waals surface area contributed by atoms with E-state index in [2.05, 4.69) is 0 Å². The van der Waals surface area contributed by atoms with Gasteiger partial charge in [0.1, 0.15) is 6.04 Å². The molecule has 106 valence electrons. The lowest BCUT2D eigenvalue weighted by Crippen LogP contribution is -2.49. The lowest BCUT2D eigenvalue weighted by atomic mass is 10.2. The Labute approximate surface area is 109 Å². The molecule has 1 aliphatic rings. The molecular formula is C11H22N2O4S. The molecule has 0 N–H and O–H groups in total. The van der Waals surface area contributed by atoms with E-state index in [1.807, 2.05) is 0 Å². The zero-order valence-corrected chi connectivity index (χ0v) is 12.2. The molecule has 1 heterocycles. The van der Waals surface area contributed by atoms with Gasteiger partial charge in [0.05, 0.1) is 6.61 Å². The van der Waals surface area contributed by atoms with Crippen LogP contribution in [0.1, 0.15) is 33.6 Å². The topological polar surface area (TPSA) is 66.9 Å². The molecule has 0 radical (unpaired) electrons. The first-order valence-corrected chi connectivity index (χ1v) is 7.63. The summed E-state index contributed by atoms with van der Waals surface area (Å²) in [4.78, 5) is 11.7. The van der Waals surface area contributed by atoms with E-state index >= 15 is 0 Å². The van der Waals surface area contributed by atoms with E-state index in [4.69, 9.17) is 4.74 Å². The Kier molecular flexibility index (Phi) is 5.12. The number of esters is 1. The molecule has 0 spiro atoms. The molecule has 7 heteroatoms. The SMILES string of the molecule is CCOC(=O)C1CCCN1S(=O)(=O)N(C)C(C)C. The van der Waals surface area contributed by atoms with Crippen molar-refractivity contribution in [2.45, 2.75) is 45.7 Å². The molecule has 1 atom stereocenters. The van der Waals surface area contributed by atoms with Gasteiger partial charge in [-0.15, -0.1) is 0 Å². The molecule has 1 saturated heterocycles. The lowest BCUT2D eigenvalue weighted by Gasteiger charge is -2.29. The summed E-state index contributed by atoms with van der Waals surface area (Å²) in [7, 11) is -2.06. The van der Waals surface area contributed by atoms with Crippen molar-refractivity contribution in [3.8, 4) is 0 Å². The molecule has 0 aromatic carbocycles. The van der Waals surface area contributed by atoms with Crippen molar-refractivity contribution in [1.82, 2.24) is 8.61 Å². The zero-order chi connectivity index (χ0) is 13.9. The molecule has 0 aromatic heterocycles. The molecule has 0 bridgehead atoms. The van der Waals surface area contributed by atoms with Crippen LogP contribution in [0.3, 0.4) is 0 Å². The average molecular weight is 278 g/mol. The van der Waals surface area contributed by atoms with Crippen LogP contribution >= 0.6 is 0 Å². The van der Waals surface area contributed by atoms with Gasteiger partial charge in [-0.3, -0.25) is 4.79 Å². The third-order valence-corrected chi connectivity index (χ3v) is 5.33. The number of ether oxygens (including phenoxy) is 1. The van der Waals surface area contributed by atoms with Crippen LogP contribution in [0.5, 0.6) is 0 Å². The van der Waals surface area contributed by atoms with Crippen molar-refractivity contribution < 1.29 is 17.9 Å². The molecule has 0 aromatic rings. The van der Waals surface area contributed by atoms with Crippen molar-refractivity contribution in [2.75, 3.05) is 20.2 Å². The standard InChI is InChI=1S/C11H22N2O4S/c1-5-17-11(14)10-7-6-8-13(10)18(15,16)12(4)9(2)3/h9-10H,5-8H2,1-4H3. The van der Waals surface area contributed by atoms with Gasteiger partial charge in [0.25, 0.3) is 10.2 Å². The Morgan fingerprint density at radius 2 is 2.11 bits per heavy atom. The maximum atomic E-state index is 12.3. The number of hydrogen-bond donors (Lipinski definition) is 0. The number of rotatable bonds is 5. The summed E-state index contributed by atoms with van der Waals surface area (Å²) in [6, 6.07) is -0.811. The van der Waals surface area contributed by atoms with Crippen LogP contribution < -0.4 is 0 Å². The van der Waals surface area contributed by atoms with Gasteiger partial charge in [-0.25, -0.2) is 0 Å². The summed E-state index contributed by atoms with van der Waals surface area (Å²) in [5, 5.41) is 0. The first-order chi connectivity index (χ1) is 8.32. The predicted octanol–water partition coefficient (Wildman–Crippen LogP) is 0.599. The van der Waals surface area contributed by atoms with E-state index in [0.29, 0.717) is 19.4 Å². The molecule has 1 fully saturated rings. The van der Waals surface area contributed by atoms with Crippen LogP contribution in [0.15, 0.2) is 0 Å². The van der Waals surface area contributed by atoms with E-state index < -0.39 is 22.2 Å². The zero-order valence-electron chi connectivity index (χ0n) is 11.4. The maximum Gasteiger partial charge on any atom is 0.324 e. The smallest absolute Gasteiger partial charge is 0.324 e. The molecule has 0 saturated carbocycles. The van der Waals surface area contributed by atoms with Crippen LogP contribution in [-0.2, 0) is 19.7 Å². The average Bonchev–Trinajstić information content (AvgIpc) is 2.77. The Hall–Kier alpha value is -0.660. The van der Waals surface area contributed by atoms with Gasteiger partial charge >= 0.3 is 5.97 Å². The number of carbonyl (C=O) groups is 1. The molecule has 6 nitrogen and oxygen atoms in total. The largest absolute Gasteiger partial charge is 0.465 e. The minimum atomic E-state index is -3.58. The lowest BCUT2D eigenvalue weighted by molar-refractivity contribution is -0.146. The highest BCUT2D eigenvalue weighted by molar-refractivity contribution is 7.86. The highest BCUT2D eigenvalue weighted by Gasteiger charge is 2.41. The van der Waals surface area contributed by atoms with E-state index in [9.17, 15) is 13.2 Å². The van der Waals surface area contributed by atoms with Crippen LogP contribution in [0, 0.1) is 0 Å². The Balaban J connectivity index is 2.90. The van der Waals surface area contributed by atoms with Crippen LogP contribution in [0.25, 0.3) is 0 Å². The van der Waals surface area contributed by atoms with E-state index in [1.165, 1.54) is 15.7 Å². The van der Waals surface area contributed by atoms with Crippen molar-refractivity contribution in [1.29, 1.82) is 0 Å². The van der Waals surface area contributed by atoms with Crippen molar-refractivity contribution in [3.63, 3.8) is 0 Å². The highest BCUT2D eigenvalue weighted by atomic mass is 32.2. The summed E-state index contributed by atoms with van der Waals surface area (Å²) in [6.45, 7) is 5.96. The van der Waals surface area contributed by atoms with Gasteiger partial charge in [0.2, 0.25) is 0 Å². The minimum Gasteiger partial charge on any atom is -0.465 e. The number of nitrogens with zero attached hydrogens (tertiary/aromatic N) is 2. The van der Waals surface area contributed by atoms with Crippen molar-refractivity contribution >= 4 is 16.2 Å². The summed E-state index contributed by atoms with van der Waals surface area (Å²) in [6.07, 6.45) is 1.22. The fourth-order valence-electron chi connectivity index (χ4n) is 1.92. The van der Waals surface area contributed by atoms with E-state index in [1.54, 1.807) is 20.8 Å². The fraction of sp³-hybridized carbons (Fsp3) is 0.909. The summed E-state index contributed by atoms with van der Waals surface area (Å²) >= 11 is 0. The normalized spacial score (nSPS) is 21.8. The summed E-state index contributed by atoms with van der Waals surface area (Å²) in [5.74, 6) is -0.448. The summed E-state index contributed by atoms with van der Waals surface area (Å²) < 4.78 is 32.1. The van der Waals surface area contributed by atoms with E-state index in [0.717, 1.165) is 0 Å².